The van der Waals surface area contributed by atoms with Crippen molar-refractivity contribution >= 4 is 5.91 Å². The Morgan fingerprint density at radius 3 is 2.65 bits per heavy atom. The smallest absolute Gasteiger partial charge is 0.227 e. The molecule has 1 aromatic heterocycles. The summed E-state index contributed by atoms with van der Waals surface area (Å²) in [5.41, 5.74) is 8.69. The van der Waals surface area contributed by atoms with Crippen molar-refractivity contribution in [1.82, 2.24) is 10.1 Å². The van der Waals surface area contributed by atoms with Crippen molar-refractivity contribution in [3.05, 3.63) is 46.8 Å². The van der Waals surface area contributed by atoms with Crippen LogP contribution in [0.5, 0.6) is 5.75 Å². The third-order valence-corrected chi connectivity index (χ3v) is 5.25. The van der Waals surface area contributed by atoms with E-state index >= 15 is 0 Å². The molecule has 0 spiro atoms. The standard InChI is InChI=1S/C20H27N3O3/c1-14-18(15(2)26-22-14)11-25-17-6-4-16(5-7-17)10-19(24)23-9-8-20(3,12-21)13-23/h4-7H,8-13,21H2,1-3H3. The summed E-state index contributed by atoms with van der Waals surface area (Å²) in [4.78, 5) is 14.4. The average molecular weight is 357 g/mol. The molecule has 0 saturated carbocycles. The maximum atomic E-state index is 12.5. The lowest BCUT2D eigenvalue weighted by Gasteiger charge is -2.22. The van der Waals surface area contributed by atoms with Crippen LogP contribution in [0.4, 0.5) is 0 Å². The van der Waals surface area contributed by atoms with E-state index in [0.717, 1.165) is 47.8 Å². The first-order valence-corrected chi connectivity index (χ1v) is 9.01. The molecule has 0 radical (unpaired) electrons. The van der Waals surface area contributed by atoms with E-state index in [2.05, 4.69) is 12.1 Å². The summed E-state index contributed by atoms with van der Waals surface area (Å²) in [6.45, 7) is 8.51. The Balaban J connectivity index is 1.54. The van der Waals surface area contributed by atoms with E-state index in [1.807, 2.05) is 43.0 Å². The van der Waals surface area contributed by atoms with Gasteiger partial charge in [0.2, 0.25) is 5.91 Å². The van der Waals surface area contributed by atoms with Gasteiger partial charge in [0.15, 0.2) is 0 Å². The van der Waals surface area contributed by atoms with Crippen LogP contribution in [-0.2, 0) is 17.8 Å². The number of hydrogen-bond donors (Lipinski definition) is 1. The van der Waals surface area contributed by atoms with Crippen LogP contribution in [0, 0.1) is 19.3 Å². The van der Waals surface area contributed by atoms with Crippen molar-refractivity contribution in [1.29, 1.82) is 0 Å². The summed E-state index contributed by atoms with van der Waals surface area (Å²) in [5.74, 6) is 1.70. The first kappa shape index (κ1) is 18.5. The molecule has 6 nitrogen and oxygen atoms in total. The number of benzene rings is 1. The fourth-order valence-electron chi connectivity index (χ4n) is 3.26. The zero-order valence-corrected chi connectivity index (χ0v) is 15.7. The highest BCUT2D eigenvalue weighted by Crippen LogP contribution is 2.29. The lowest BCUT2D eigenvalue weighted by molar-refractivity contribution is -0.129. The largest absolute Gasteiger partial charge is 0.489 e. The molecule has 2 N–H and O–H groups in total. The third-order valence-electron chi connectivity index (χ3n) is 5.25. The molecule has 1 atom stereocenters. The molecule has 1 amide bonds. The number of rotatable bonds is 6. The quantitative estimate of drug-likeness (QED) is 0.859. The number of nitrogens with two attached hydrogens (primary N) is 1. The second-order valence-corrected chi connectivity index (χ2v) is 7.49. The number of amides is 1. The Hall–Kier alpha value is -2.34. The van der Waals surface area contributed by atoms with E-state index in [0.29, 0.717) is 19.6 Å². The van der Waals surface area contributed by atoms with E-state index in [9.17, 15) is 4.79 Å². The summed E-state index contributed by atoms with van der Waals surface area (Å²) >= 11 is 0. The van der Waals surface area contributed by atoms with Gasteiger partial charge in [-0.15, -0.1) is 0 Å². The van der Waals surface area contributed by atoms with Gasteiger partial charge in [-0.2, -0.15) is 0 Å². The summed E-state index contributed by atoms with van der Waals surface area (Å²) in [5, 5.41) is 3.92. The molecule has 0 bridgehead atoms. The second kappa shape index (κ2) is 7.50. The molecule has 1 fully saturated rings. The van der Waals surface area contributed by atoms with Gasteiger partial charge in [0.25, 0.3) is 0 Å². The van der Waals surface area contributed by atoms with Crippen molar-refractivity contribution in [3.63, 3.8) is 0 Å². The molecule has 2 heterocycles. The minimum Gasteiger partial charge on any atom is -0.489 e. The molecular formula is C20H27N3O3. The second-order valence-electron chi connectivity index (χ2n) is 7.49. The number of ether oxygens (including phenoxy) is 1. The van der Waals surface area contributed by atoms with Gasteiger partial charge in [-0.1, -0.05) is 24.2 Å². The third kappa shape index (κ3) is 4.07. The molecule has 2 aromatic rings. The Morgan fingerprint density at radius 1 is 1.35 bits per heavy atom. The number of carbonyl (C=O) groups is 1. The number of aromatic nitrogens is 1. The van der Waals surface area contributed by atoms with Crippen molar-refractivity contribution in [2.24, 2.45) is 11.1 Å². The van der Waals surface area contributed by atoms with Gasteiger partial charge in [-0.25, -0.2) is 0 Å². The highest BCUT2D eigenvalue weighted by atomic mass is 16.5. The van der Waals surface area contributed by atoms with E-state index in [4.69, 9.17) is 15.0 Å². The highest BCUT2D eigenvalue weighted by molar-refractivity contribution is 5.79. The van der Waals surface area contributed by atoms with Crippen LogP contribution in [0.2, 0.25) is 0 Å². The molecule has 26 heavy (non-hydrogen) atoms. The minimum absolute atomic E-state index is 0.0611. The van der Waals surface area contributed by atoms with E-state index in [1.165, 1.54) is 0 Å². The molecule has 0 aliphatic carbocycles. The maximum Gasteiger partial charge on any atom is 0.227 e. The van der Waals surface area contributed by atoms with Crippen LogP contribution in [-0.4, -0.2) is 35.6 Å². The predicted molar refractivity (Wildman–Crippen MR) is 98.8 cm³/mol. The lowest BCUT2D eigenvalue weighted by atomic mass is 9.90. The van der Waals surface area contributed by atoms with Gasteiger partial charge in [0.1, 0.15) is 18.1 Å². The van der Waals surface area contributed by atoms with Crippen LogP contribution < -0.4 is 10.5 Å². The summed E-state index contributed by atoms with van der Waals surface area (Å²) in [7, 11) is 0. The monoisotopic (exact) mass is 357 g/mol. The maximum absolute atomic E-state index is 12.5. The van der Waals surface area contributed by atoms with Crippen LogP contribution in [0.15, 0.2) is 28.8 Å². The topological polar surface area (TPSA) is 81.6 Å². The zero-order chi connectivity index (χ0) is 18.7. The summed E-state index contributed by atoms with van der Waals surface area (Å²) in [6.07, 6.45) is 1.38. The van der Waals surface area contributed by atoms with Crippen LogP contribution >= 0.6 is 0 Å². The molecular weight excluding hydrogens is 330 g/mol. The molecule has 1 saturated heterocycles. The normalized spacial score (nSPS) is 19.8. The number of hydrogen-bond acceptors (Lipinski definition) is 5. The molecule has 6 heteroatoms. The fourth-order valence-corrected chi connectivity index (χ4v) is 3.26. The molecule has 3 rings (SSSR count). The molecule has 1 aromatic carbocycles. The number of nitrogens with zero attached hydrogens (tertiary/aromatic N) is 2. The Morgan fingerprint density at radius 2 is 2.08 bits per heavy atom. The van der Waals surface area contributed by atoms with Gasteiger partial charge < -0.3 is 19.9 Å². The predicted octanol–water partition coefficient (Wildman–Crippen LogP) is 2.61. The fraction of sp³-hybridized carbons (Fsp3) is 0.500. The minimum atomic E-state index is 0.0611. The number of likely N-dealkylation sites (tertiary alicyclic amines) is 1. The van der Waals surface area contributed by atoms with Gasteiger partial charge in [0, 0.05) is 13.1 Å². The van der Waals surface area contributed by atoms with Crippen molar-refractivity contribution in [2.45, 2.75) is 40.2 Å². The van der Waals surface area contributed by atoms with Gasteiger partial charge in [-0.3, -0.25) is 4.79 Å². The lowest BCUT2D eigenvalue weighted by Crippen LogP contribution is -2.35. The Labute approximate surface area is 154 Å². The van der Waals surface area contributed by atoms with Crippen molar-refractivity contribution in [3.8, 4) is 5.75 Å². The van der Waals surface area contributed by atoms with Crippen molar-refractivity contribution < 1.29 is 14.1 Å². The van der Waals surface area contributed by atoms with Crippen LogP contribution in [0.1, 0.15) is 35.9 Å². The van der Waals surface area contributed by atoms with Crippen LogP contribution in [0.3, 0.4) is 0 Å². The molecule has 1 unspecified atom stereocenters. The number of aryl methyl sites for hydroxylation is 2. The molecule has 140 valence electrons. The zero-order valence-electron chi connectivity index (χ0n) is 15.7. The van der Waals surface area contributed by atoms with Gasteiger partial charge >= 0.3 is 0 Å². The Bertz CT molecular complexity index is 750. The van der Waals surface area contributed by atoms with E-state index in [1.54, 1.807) is 0 Å². The van der Waals surface area contributed by atoms with Crippen molar-refractivity contribution in [2.75, 3.05) is 19.6 Å². The highest BCUT2D eigenvalue weighted by Gasteiger charge is 2.34. The number of carbonyl (C=O) groups excluding carboxylic acids is 1. The molecule has 1 aliphatic rings. The SMILES string of the molecule is Cc1noc(C)c1COc1ccc(CC(=O)N2CCC(C)(CN)C2)cc1. The Kier molecular flexibility index (Phi) is 5.32. The van der Waals surface area contributed by atoms with E-state index < -0.39 is 0 Å². The summed E-state index contributed by atoms with van der Waals surface area (Å²) in [6, 6.07) is 7.68. The summed E-state index contributed by atoms with van der Waals surface area (Å²) < 4.78 is 10.9. The first-order valence-electron chi connectivity index (χ1n) is 9.01. The average Bonchev–Trinajstić information content (AvgIpc) is 3.18. The van der Waals surface area contributed by atoms with Gasteiger partial charge in [0.05, 0.1) is 17.7 Å². The van der Waals surface area contributed by atoms with Gasteiger partial charge in [-0.05, 0) is 49.9 Å². The first-order chi connectivity index (χ1) is 12.4. The van der Waals surface area contributed by atoms with E-state index in [-0.39, 0.29) is 11.3 Å². The molecule has 1 aliphatic heterocycles. The van der Waals surface area contributed by atoms with Crippen LogP contribution in [0.25, 0.3) is 0 Å².